The summed E-state index contributed by atoms with van der Waals surface area (Å²) in [6.07, 6.45) is 7.95. The van der Waals surface area contributed by atoms with Gasteiger partial charge in [0.2, 0.25) is 0 Å². The highest BCUT2D eigenvalue weighted by molar-refractivity contribution is 5.99. The molecule has 1 aliphatic carbocycles. The number of H-pyrrole nitrogens is 1. The molecule has 6 rings (SSSR count). The van der Waals surface area contributed by atoms with Gasteiger partial charge in [-0.25, -0.2) is 4.39 Å². The number of piperidine rings is 1. The van der Waals surface area contributed by atoms with E-state index in [1.807, 2.05) is 19.9 Å². The molecule has 1 aliphatic heterocycles. The zero-order valence-electron chi connectivity index (χ0n) is 22.9. The molecule has 38 heavy (non-hydrogen) atoms. The topological polar surface area (TPSA) is 83.1 Å². The monoisotopic (exact) mass is 517 g/mol. The molecule has 4 aromatic rings. The van der Waals surface area contributed by atoms with Crippen molar-refractivity contribution in [2.45, 2.75) is 46.5 Å². The van der Waals surface area contributed by atoms with Gasteiger partial charge in [-0.2, -0.15) is 15.1 Å². The van der Waals surface area contributed by atoms with Crippen molar-refractivity contribution in [1.29, 1.82) is 0 Å². The van der Waals surface area contributed by atoms with E-state index in [-0.39, 0.29) is 22.6 Å². The number of pyridine rings is 1. The first-order valence-electron chi connectivity index (χ1n) is 13.6. The predicted molar refractivity (Wildman–Crippen MR) is 148 cm³/mol. The van der Waals surface area contributed by atoms with Gasteiger partial charge in [0.25, 0.3) is 0 Å². The molecule has 1 unspecified atom stereocenters. The molecule has 4 heterocycles. The first-order chi connectivity index (χ1) is 18.2. The van der Waals surface area contributed by atoms with E-state index in [1.54, 1.807) is 12.4 Å². The molecule has 1 N–H and O–H groups in total. The fraction of sp³-hybridized carbons (Fsp3) is 0.517. The Morgan fingerprint density at radius 2 is 2.00 bits per heavy atom. The fourth-order valence-electron chi connectivity index (χ4n) is 5.93. The van der Waals surface area contributed by atoms with Crippen molar-refractivity contribution < 1.29 is 9.13 Å². The van der Waals surface area contributed by atoms with Gasteiger partial charge in [0.05, 0.1) is 23.7 Å². The number of ether oxygens (including phenoxy) is 1. The summed E-state index contributed by atoms with van der Waals surface area (Å²) in [5.41, 5.74) is 4.26. The maximum absolute atomic E-state index is 16.5. The number of aromatic nitrogens is 5. The second-order valence-electron chi connectivity index (χ2n) is 11.8. The Kier molecular flexibility index (Phi) is 6.21. The summed E-state index contributed by atoms with van der Waals surface area (Å²) in [6, 6.07) is 2.27. The normalized spacial score (nSPS) is 19.0. The van der Waals surface area contributed by atoms with E-state index in [0.717, 1.165) is 66.5 Å². The fourth-order valence-corrected chi connectivity index (χ4v) is 5.93. The number of hydrogen-bond acceptors (Lipinski definition) is 7. The summed E-state index contributed by atoms with van der Waals surface area (Å²) in [4.78, 5) is 18.6. The smallest absolute Gasteiger partial charge is 0.319 e. The van der Waals surface area contributed by atoms with Gasteiger partial charge in [-0.3, -0.25) is 10.1 Å². The van der Waals surface area contributed by atoms with E-state index >= 15 is 4.39 Å². The van der Waals surface area contributed by atoms with Crippen LogP contribution < -0.4 is 9.64 Å². The van der Waals surface area contributed by atoms with Crippen molar-refractivity contribution in [3.8, 4) is 17.3 Å². The summed E-state index contributed by atoms with van der Waals surface area (Å²) in [6.45, 7) is 9.48. The molecular weight excluding hydrogens is 481 g/mol. The molecule has 0 amide bonds. The van der Waals surface area contributed by atoms with Crippen LogP contribution in [0.2, 0.25) is 0 Å². The van der Waals surface area contributed by atoms with Crippen LogP contribution in [0.1, 0.15) is 43.7 Å². The third kappa shape index (κ3) is 4.46. The SMILES string of the molecule is Cc1cc2[nH]ncc2c(-c2ncc3c(N4CCCC(C)C4)nc(OCC4(CN(C)C)CC4)nc3c2F)c1C. The van der Waals surface area contributed by atoms with Gasteiger partial charge in [-0.05, 0) is 76.7 Å². The Hall–Kier alpha value is -3.33. The highest BCUT2D eigenvalue weighted by Gasteiger charge is 2.44. The Labute approximate surface area is 222 Å². The van der Waals surface area contributed by atoms with Crippen LogP contribution in [-0.2, 0) is 0 Å². The van der Waals surface area contributed by atoms with Crippen LogP contribution in [0.4, 0.5) is 10.2 Å². The molecule has 8 nitrogen and oxygen atoms in total. The number of halogens is 1. The zero-order valence-corrected chi connectivity index (χ0v) is 22.9. The number of benzene rings is 1. The Morgan fingerprint density at radius 1 is 1.18 bits per heavy atom. The summed E-state index contributed by atoms with van der Waals surface area (Å²) >= 11 is 0. The molecule has 9 heteroatoms. The second kappa shape index (κ2) is 9.45. The van der Waals surface area contributed by atoms with Crippen molar-refractivity contribution in [2.75, 3.05) is 45.2 Å². The zero-order chi connectivity index (χ0) is 26.6. The number of anilines is 1. The maximum atomic E-state index is 16.5. The molecule has 2 aliphatic rings. The largest absolute Gasteiger partial charge is 0.463 e. The van der Waals surface area contributed by atoms with Crippen molar-refractivity contribution in [2.24, 2.45) is 11.3 Å². The van der Waals surface area contributed by atoms with E-state index < -0.39 is 5.82 Å². The Morgan fingerprint density at radius 3 is 2.74 bits per heavy atom. The summed E-state index contributed by atoms with van der Waals surface area (Å²) in [7, 11) is 4.16. The Balaban J connectivity index is 1.48. The number of fused-ring (bicyclic) bond motifs is 2. The molecule has 3 aromatic heterocycles. The molecule has 1 atom stereocenters. The van der Waals surface area contributed by atoms with Gasteiger partial charge in [-0.1, -0.05) is 6.92 Å². The molecule has 0 bridgehead atoms. The van der Waals surface area contributed by atoms with Crippen molar-refractivity contribution in [3.63, 3.8) is 0 Å². The first kappa shape index (κ1) is 25.0. The summed E-state index contributed by atoms with van der Waals surface area (Å²) < 4.78 is 22.7. The molecule has 2 fully saturated rings. The van der Waals surface area contributed by atoms with E-state index in [4.69, 9.17) is 9.72 Å². The van der Waals surface area contributed by atoms with E-state index in [9.17, 15) is 0 Å². The lowest BCUT2D eigenvalue weighted by Crippen LogP contribution is -2.35. The first-order valence-corrected chi connectivity index (χ1v) is 13.6. The van der Waals surface area contributed by atoms with Gasteiger partial charge >= 0.3 is 6.01 Å². The summed E-state index contributed by atoms with van der Waals surface area (Å²) in [5.74, 6) is 0.794. The number of aromatic amines is 1. The lowest BCUT2D eigenvalue weighted by molar-refractivity contribution is 0.183. The predicted octanol–water partition coefficient (Wildman–Crippen LogP) is 5.28. The van der Waals surface area contributed by atoms with E-state index in [1.165, 1.54) is 6.42 Å². The van der Waals surface area contributed by atoms with Gasteiger partial charge < -0.3 is 14.5 Å². The second-order valence-corrected chi connectivity index (χ2v) is 11.8. The average Bonchev–Trinajstić information content (AvgIpc) is 3.48. The van der Waals surface area contributed by atoms with Crippen LogP contribution >= 0.6 is 0 Å². The van der Waals surface area contributed by atoms with Gasteiger partial charge in [-0.15, -0.1) is 0 Å². The minimum Gasteiger partial charge on any atom is -0.463 e. The third-order valence-electron chi connectivity index (χ3n) is 8.22. The summed E-state index contributed by atoms with van der Waals surface area (Å²) in [5, 5.41) is 8.68. The minimum absolute atomic E-state index is 0.120. The molecule has 0 radical (unpaired) electrons. The van der Waals surface area contributed by atoms with Crippen molar-refractivity contribution in [1.82, 2.24) is 30.0 Å². The Bertz CT molecular complexity index is 1510. The highest BCUT2D eigenvalue weighted by Crippen LogP contribution is 2.46. The van der Waals surface area contributed by atoms with Crippen molar-refractivity contribution in [3.05, 3.63) is 35.4 Å². The molecule has 200 valence electrons. The number of rotatable bonds is 7. The highest BCUT2D eigenvalue weighted by atomic mass is 19.1. The van der Waals surface area contributed by atoms with Crippen LogP contribution in [-0.4, -0.2) is 70.4 Å². The van der Waals surface area contributed by atoms with Crippen LogP contribution in [0.15, 0.2) is 18.5 Å². The van der Waals surface area contributed by atoms with Gasteiger partial charge in [0.15, 0.2) is 5.82 Å². The molecular formula is C29H36FN7O. The maximum Gasteiger partial charge on any atom is 0.319 e. The van der Waals surface area contributed by atoms with Crippen molar-refractivity contribution >= 4 is 27.6 Å². The van der Waals surface area contributed by atoms with Gasteiger partial charge in [0, 0.05) is 42.2 Å². The molecule has 1 saturated heterocycles. The third-order valence-corrected chi connectivity index (χ3v) is 8.22. The van der Waals surface area contributed by atoms with Gasteiger partial charge in [0.1, 0.15) is 17.0 Å². The quantitative estimate of drug-likeness (QED) is 0.357. The minimum atomic E-state index is -0.452. The lowest BCUT2D eigenvalue weighted by atomic mass is 9.96. The number of nitrogens with zero attached hydrogens (tertiary/aromatic N) is 6. The average molecular weight is 518 g/mol. The molecule has 1 aromatic carbocycles. The van der Waals surface area contributed by atoms with Crippen LogP contribution in [0.5, 0.6) is 6.01 Å². The van der Waals surface area contributed by atoms with E-state index in [0.29, 0.717) is 23.7 Å². The molecule has 1 saturated carbocycles. The lowest BCUT2D eigenvalue weighted by Gasteiger charge is -2.32. The molecule has 0 spiro atoms. The van der Waals surface area contributed by atoms with Crippen LogP contribution in [0.25, 0.3) is 33.1 Å². The number of hydrogen-bond donors (Lipinski definition) is 1. The standard InChI is InChI=1S/C29H36FN7O/c1-17-7-6-10-37(14-17)27-21-12-31-26(23-19(3)18(2)11-22-20(23)13-32-35-22)24(30)25(21)33-28(34-27)38-16-29(8-9-29)15-36(4)5/h11-13,17H,6-10,14-16H2,1-5H3,(H,32,35). The van der Waals surface area contributed by atoms with E-state index in [2.05, 4.69) is 51.0 Å². The number of nitrogens with one attached hydrogen (secondary N) is 1. The van der Waals surface area contributed by atoms with Crippen LogP contribution in [0.3, 0.4) is 0 Å². The van der Waals surface area contributed by atoms with Crippen LogP contribution in [0, 0.1) is 31.0 Å². The number of aryl methyl sites for hydroxylation is 1.